The van der Waals surface area contributed by atoms with Crippen LogP contribution in [0.4, 0.5) is 11.4 Å². The normalized spacial score (nSPS) is 11.1. The summed E-state index contributed by atoms with van der Waals surface area (Å²) in [4.78, 5) is 3.78. The van der Waals surface area contributed by atoms with E-state index in [4.69, 9.17) is 22.1 Å². The van der Waals surface area contributed by atoms with Crippen molar-refractivity contribution in [2.24, 2.45) is 0 Å². The minimum atomic E-state index is -3.85. The number of aromatic nitrogens is 1. The van der Waals surface area contributed by atoms with E-state index in [9.17, 15) is 8.42 Å². The van der Waals surface area contributed by atoms with E-state index in [0.29, 0.717) is 5.69 Å². The molecule has 6 nitrogen and oxygen atoms in total. The minimum Gasteiger partial charge on any atom is -0.495 e. The van der Waals surface area contributed by atoms with Crippen molar-refractivity contribution >= 4 is 33.0 Å². The number of hydrogen-bond acceptors (Lipinski definition) is 5. The fraction of sp³-hybridized carbons (Fsp3) is 0.0833. The molecular weight excluding hydrogens is 302 g/mol. The summed E-state index contributed by atoms with van der Waals surface area (Å²) in [6.07, 6.45) is 2.79. The predicted octanol–water partition coefficient (Wildman–Crippen LogP) is 2.13. The Hall–Kier alpha value is -1.99. The highest BCUT2D eigenvalue weighted by Gasteiger charge is 2.20. The maximum absolute atomic E-state index is 12.3. The zero-order valence-corrected chi connectivity index (χ0v) is 12.1. The predicted molar refractivity (Wildman–Crippen MR) is 77.5 cm³/mol. The number of nitrogens with two attached hydrogens (primary N) is 1. The zero-order chi connectivity index (χ0) is 14.8. The van der Waals surface area contributed by atoms with E-state index in [1.165, 1.54) is 43.8 Å². The maximum Gasteiger partial charge on any atom is 0.265 e. The van der Waals surface area contributed by atoms with Crippen LogP contribution < -0.4 is 15.2 Å². The number of rotatable bonds is 4. The lowest BCUT2D eigenvalue weighted by Gasteiger charge is -2.12. The molecule has 3 N–H and O–H groups in total. The number of halogens is 1. The van der Waals surface area contributed by atoms with Crippen LogP contribution in [0.5, 0.6) is 5.75 Å². The molecule has 0 amide bonds. The van der Waals surface area contributed by atoms with Crippen molar-refractivity contribution in [2.75, 3.05) is 17.6 Å². The van der Waals surface area contributed by atoms with Crippen LogP contribution in [-0.2, 0) is 10.0 Å². The monoisotopic (exact) mass is 313 g/mol. The van der Waals surface area contributed by atoms with Crippen molar-refractivity contribution < 1.29 is 13.2 Å². The smallest absolute Gasteiger partial charge is 0.265 e. The van der Waals surface area contributed by atoms with Crippen LogP contribution in [0, 0.1) is 0 Å². The van der Waals surface area contributed by atoms with E-state index in [0.717, 1.165) is 0 Å². The SMILES string of the molecule is COc1cc(N)ccc1S(=O)(=O)Nc1cnccc1Cl. The molecule has 0 radical (unpaired) electrons. The van der Waals surface area contributed by atoms with Crippen molar-refractivity contribution in [1.82, 2.24) is 4.98 Å². The Morgan fingerprint density at radius 1 is 1.35 bits per heavy atom. The molecule has 0 unspecified atom stereocenters. The number of nitrogens with zero attached hydrogens (tertiary/aromatic N) is 1. The molecule has 0 aliphatic carbocycles. The molecule has 0 aliphatic heterocycles. The molecule has 1 aromatic heterocycles. The van der Waals surface area contributed by atoms with Gasteiger partial charge >= 0.3 is 0 Å². The van der Waals surface area contributed by atoms with E-state index >= 15 is 0 Å². The van der Waals surface area contributed by atoms with Crippen molar-refractivity contribution in [3.05, 3.63) is 41.7 Å². The van der Waals surface area contributed by atoms with Crippen LogP contribution in [0.15, 0.2) is 41.6 Å². The number of hydrogen-bond donors (Lipinski definition) is 2. The quantitative estimate of drug-likeness (QED) is 0.843. The number of pyridine rings is 1. The van der Waals surface area contributed by atoms with E-state index in [2.05, 4.69) is 9.71 Å². The Bertz CT molecular complexity index is 734. The van der Waals surface area contributed by atoms with E-state index in [1.807, 2.05) is 0 Å². The van der Waals surface area contributed by atoms with E-state index in [1.54, 1.807) is 0 Å². The molecule has 0 atom stereocenters. The lowest BCUT2D eigenvalue weighted by Crippen LogP contribution is -2.14. The maximum atomic E-state index is 12.3. The first-order valence-electron chi connectivity index (χ1n) is 5.50. The van der Waals surface area contributed by atoms with Gasteiger partial charge in [0.25, 0.3) is 10.0 Å². The highest BCUT2D eigenvalue weighted by molar-refractivity contribution is 7.92. The number of methoxy groups -OCH3 is 1. The fourth-order valence-electron chi connectivity index (χ4n) is 1.56. The van der Waals surface area contributed by atoms with Crippen LogP contribution in [-0.4, -0.2) is 20.5 Å². The Balaban J connectivity index is 2.44. The van der Waals surface area contributed by atoms with Crippen molar-refractivity contribution in [3.8, 4) is 5.75 Å². The number of nitrogen functional groups attached to an aromatic ring is 1. The molecule has 2 rings (SSSR count). The molecular formula is C12H12ClN3O3S. The van der Waals surface area contributed by atoms with Crippen molar-refractivity contribution in [2.45, 2.75) is 4.90 Å². The Morgan fingerprint density at radius 3 is 2.75 bits per heavy atom. The lowest BCUT2D eigenvalue weighted by molar-refractivity contribution is 0.403. The third-order valence-corrected chi connectivity index (χ3v) is 4.22. The van der Waals surface area contributed by atoms with Crippen molar-refractivity contribution in [1.29, 1.82) is 0 Å². The number of nitrogens with one attached hydrogen (secondary N) is 1. The zero-order valence-electron chi connectivity index (χ0n) is 10.5. The van der Waals surface area contributed by atoms with Gasteiger partial charge in [-0.1, -0.05) is 11.6 Å². The Kier molecular flexibility index (Phi) is 4.01. The second kappa shape index (κ2) is 5.56. The van der Waals surface area contributed by atoms with Gasteiger partial charge in [0, 0.05) is 18.0 Å². The molecule has 0 saturated heterocycles. The van der Waals surface area contributed by atoms with Gasteiger partial charge in [0.1, 0.15) is 10.6 Å². The highest BCUT2D eigenvalue weighted by Crippen LogP contribution is 2.29. The van der Waals surface area contributed by atoms with Gasteiger partial charge in [-0.25, -0.2) is 8.42 Å². The third-order valence-electron chi connectivity index (χ3n) is 2.49. The topological polar surface area (TPSA) is 94.3 Å². The molecule has 0 bridgehead atoms. The van der Waals surface area contributed by atoms with E-state index < -0.39 is 10.0 Å². The standard InChI is InChI=1S/C12H12ClN3O3S/c1-19-11-6-8(14)2-3-12(11)20(17,18)16-10-7-15-5-4-9(10)13/h2-7,16H,14H2,1H3. The van der Waals surface area contributed by atoms with Gasteiger partial charge in [0.15, 0.2) is 0 Å². The summed E-state index contributed by atoms with van der Waals surface area (Å²) < 4.78 is 32.0. The van der Waals surface area contributed by atoms with Gasteiger partial charge in [0.05, 0.1) is 24.0 Å². The van der Waals surface area contributed by atoms with Crippen LogP contribution in [0.25, 0.3) is 0 Å². The van der Waals surface area contributed by atoms with Gasteiger partial charge in [-0.3, -0.25) is 9.71 Å². The molecule has 106 valence electrons. The fourth-order valence-corrected chi connectivity index (χ4v) is 2.98. The molecule has 0 spiro atoms. The molecule has 8 heteroatoms. The number of benzene rings is 1. The Labute approximate surface area is 121 Å². The van der Waals surface area contributed by atoms with Crippen LogP contribution in [0.2, 0.25) is 5.02 Å². The average Bonchev–Trinajstić information content (AvgIpc) is 2.40. The summed E-state index contributed by atoms with van der Waals surface area (Å²) in [6.45, 7) is 0. The summed E-state index contributed by atoms with van der Waals surface area (Å²) in [7, 11) is -2.48. The highest BCUT2D eigenvalue weighted by atomic mass is 35.5. The Morgan fingerprint density at radius 2 is 2.10 bits per heavy atom. The molecule has 2 aromatic rings. The molecule has 0 fully saturated rings. The molecule has 0 aliphatic rings. The molecule has 1 heterocycles. The molecule has 0 saturated carbocycles. The number of sulfonamides is 1. The van der Waals surface area contributed by atoms with E-state index in [-0.39, 0.29) is 21.4 Å². The summed E-state index contributed by atoms with van der Waals surface area (Å²) >= 11 is 5.90. The van der Waals surface area contributed by atoms with Crippen LogP contribution in [0.3, 0.4) is 0 Å². The van der Waals surface area contributed by atoms with Gasteiger partial charge in [-0.05, 0) is 18.2 Å². The second-order valence-corrected chi connectivity index (χ2v) is 5.93. The summed E-state index contributed by atoms with van der Waals surface area (Å²) in [5.74, 6) is 0.150. The summed E-state index contributed by atoms with van der Waals surface area (Å²) in [5, 5.41) is 0.248. The first-order chi connectivity index (χ1) is 9.44. The first-order valence-corrected chi connectivity index (χ1v) is 7.36. The van der Waals surface area contributed by atoms with Gasteiger partial charge in [-0.2, -0.15) is 0 Å². The minimum absolute atomic E-state index is 0.0332. The van der Waals surface area contributed by atoms with Crippen LogP contribution in [0.1, 0.15) is 0 Å². The van der Waals surface area contributed by atoms with Crippen LogP contribution >= 0.6 is 11.6 Å². The lowest BCUT2D eigenvalue weighted by atomic mass is 10.3. The first kappa shape index (κ1) is 14.4. The second-order valence-electron chi connectivity index (χ2n) is 3.87. The number of anilines is 2. The average molecular weight is 314 g/mol. The largest absolute Gasteiger partial charge is 0.495 e. The third kappa shape index (κ3) is 2.94. The summed E-state index contributed by atoms with van der Waals surface area (Å²) in [5.41, 5.74) is 6.19. The van der Waals surface area contributed by atoms with Gasteiger partial charge in [-0.15, -0.1) is 0 Å². The van der Waals surface area contributed by atoms with Gasteiger partial charge < -0.3 is 10.5 Å². The summed E-state index contributed by atoms with van der Waals surface area (Å²) in [6, 6.07) is 5.75. The molecule has 20 heavy (non-hydrogen) atoms. The van der Waals surface area contributed by atoms with Gasteiger partial charge in [0.2, 0.25) is 0 Å². The number of ether oxygens (including phenoxy) is 1. The van der Waals surface area contributed by atoms with Crippen molar-refractivity contribution in [3.63, 3.8) is 0 Å². The molecule has 1 aromatic carbocycles.